The minimum absolute atomic E-state index is 0.0348. The van der Waals surface area contributed by atoms with Gasteiger partial charge in [0.2, 0.25) is 0 Å². The predicted octanol–water partition coefficient (Wildman–Crippen LogP) is 2.63. The van der Waals surface area contributed by atoms with Crippen LogP contribution in [0.25, 0.3) is 22.2 Å². The topological polar surface area (TPSA) is 95.9 Å². The van der Waals surface area contributed by atoms with Crippen molar-refractivity contribution in [3.63, 3.8) is 0 Å². The lowest BCUT2D eigenvalue weighted by Gasteiger charge is -2.27. The van der Waals surface area contributed by atoms with Gasteiger partial charge in [0.1, 0.15) is 11.5 Å². The molecule has 154 valence electrons. The molecule has 3 aromatic heterocycles. The average Bonchev–Trinajstić information content (AvgIpc) is 3.47. The third-order valence-electron chi connectivity index (χ3n) is 6.09. The molecule has 0 aliphatic carbocycles. The fourth-order valence-corrected chi connectivity index (χ4v) is 4.51. The molecule has 8 heteroatoms. The number of carbonyl (C=O) groups excluding carboxylic acids is 2. The van der Waals surface area contributed by atoms with Crippen LogP contribution in [0.4, 0.5) is 0 Å². The first-order chi connectivity index (χ1) is 15.1. The molecule has 2 N–H and O–H groups in total. The second-order valence-corrected chi connectivity index (χ2v) is 8.10. The summed E-state index contributed by atoms with van der Waals surface area (Å²) in [4.78, 5) is 39.1. The normalized spacial score (nSPS) is 15.1. The Balaban J connectivity index is 1.35. The molecule has 1 aromatic carbocycles. The lowest BCUT2D eigenvalue weighted by atomic mass is 10.00. The third kappa shape index (κ3) is 2.83. The molecule has 0 saturated carbocycles. The Morgan fingerprint density at radius 3 is 2.97 bits per heavy atom. The Hall–Kier alpha value is -3.94. The fraction of sp³-hybridized carbons (Fsp3) is 0.217. The first kappa shape index (κ1) is 17.9. The van der Waals surface area contributed by atoms with Gasteiger partial charge in [-0.1, -0.05) is 6.07 Å². The summed E-state index contributed by atoms with van der Waals surface area (Å²) in [5.74, 6) is 0.833. The maximum absolute atomic E-state index is 13.2. The number of aromatic amines is 1. The van der Waals surface area contributed by atoms with Gasteiger partial charge in [0.15, 0.2) is 0 Å². The number of fused-ring (bicyclic) bond motifs is 3. The van der Waals surface area contributed by atoms with Gasteiger partial charge in [-0.2, -0.15) is 0 Å². The Morgan fingerprint density at radius 1 is 1.16 bits per heavy atom. The first-order valence-electron chi connectivity index (χ1n) is 10.3. The van der Waals surface area contributed by atoms with Crippen molar-refractivity contribution in [3.05, 3.63) is 71.1 Å². The van der Waals surface area contributed by atoms with E-state index in [1.165, 1.54) is 0 Å². The number of benzene rings is 1. The lowest BCUT2D eigenvalue weighted by molar-refractivity contribution is 0.0707. The summed E-state index contributed by atoms with van der Waals surface area (Å²) in [6, 6.07) is 7.72. The number of nitrogens with one attached hydrogen (secondary N) is 2. The summed E-state index contributed by atoms with van der Waals surface area (Å²) in [7, 11) is 0. The van der Waals surface area contributed by atoms with E-state index in [0.717, 1.165) is 51.4 Å². The van der Waals surface area contributed by atoms with Crippen molar-refractivity contribution >= 4 is 22.8 Å². The van der Waals surface area contributed by atoms with Gasteiger partial charge in [0, 0.05) is 54.7 Å². The van der Waals surface area contributed by atoms with Crippen LogP contribution < -0.4 is 5.32 Å². The highest BCUT2D eigenvalue weighted by atomic mass is 16.2. The molecule has 0 saturated heterocycles. The highest BCUT2D eigenvalue weighted by Crippen LogP contribution is 2.31. The summed E-state index contributed by atoms with van der Waals surface area (Å²) < 4.78 is 2.11. The molecule has 2 aliphatic heterocycles. The van der Waals surface area contributed by atoms with Crippen molar-refractivity contribution < 1.29 is 9.59 Å². The molecule has 0 atom stereocenters. The standard InChI is InChI=1S/C23H20N6O2/c1-13-11-28-4-5-29(12-20(28)27-13)23(31)16-7-18-19(10-25-21(18)24-9-16)14-2-3-17-15(6-14)8-26-22(17)30/h2-3,6-7,9-11H,4-5,8,12H2,1H3,(H,24,25)(H,26,30). The van der Waals surface area contributed by atoms with Gasteiger partial charge in [-0.15, -0.1) is 0 Å². The lowest BCUT2D eigenvalue weighted by Crippen LogP contribution is -2.38. The molecule has 2 aliphatic rings. The zero-order valence-corrected chi connectivity index (χ0v) is 17.0. The Kier molecular flexibility index (Phi) is 3.77. The minimum Gasteiger partial charge on any atom is -0.348 e. The van der Waals surface area contributed by atoms with E-state index in [1.807, 2.05) is 48.5 Å². The number of aromatic nitrogens is 4. The van der Waals surface area contributed by atoms with Gasteiger partial charge in [0.25, 0.3) is 11.8 Å². The summed E-state index contributed by atoms with van der Waals surface area (Å²) in [6.07, 6.45) is 5.55. The highest BCUT2D eigenvalue weighted by molar-refractivity contribution is 6.02. The van der Waals surface area contributed by atoms with Crippen LogP contribution in [0.3, 0.4) is 0 Å². The number of amides is 2. The Labute approximate surface area is 177 Å². The maximum Gasteiger partial charge on any atom is 0.255 e. The molecule has 0 fully saturated rings. The van der Waals surface area contributed by atoms with E-state index in [9.17, 15) is 9.59 Å². The van der Waals surface area contributed by atoms with Gasteiger partial charge in [-0.05, 0) is 36.2 Å². The van der Waals surface area contributed by atoms with E-state index in [-0.39, 0.29) is 11.8 Å². The smallest absolute Gasteiger partial charge is 0.255 e. The summed E-state index contributed by atoms with van der Waals surface area (Å²) in [6.45, 7) is 4.39. The predicted molar refractivity (Wildman–Crippen MR) is 114 cm³/mol. The summed E-state index contributed by atoms with van der Waals surface area (Å²) >= 11 is 0. The van der Waals surface area contributed by atoms with Gasteiger partial charge in [-0.25, -0.2) is 9.97 Å². The molecule has 8 nitrogen and oxygen atoms in total. The molecule has 6 rings (SSSR count). The molecular formula is C23H20N6O2. The zero-order valence-electron chi connectivity index (χ0n) is 17.0. The molecule has 2 amide bonds. The Bertz CT molecular complexity index is 1380. The average molecular weight is 412 g/mol. The Morgan fingerprint density at radius 2 is 2.06 bits per heavy atom. The molecule has 31 heavy (non-hydrogen) atoms. The SMILES string of the molecule is Cc1cn2c(n1)CN(C(=O)c1cnc3[nH]cc(-c4ccc5c(c4)CNC5=O)c3c1)CC2. The number of carbonyl (C=O) groups is 2. The van der Waals surface area contributed by atoms with Gasteiger partial charge < -0.3 is 19.8 Å². The van der Waals surface area contributed by atoms with Crippen LogP contribution in [-0.2, 0) is 19.6 Å². The summed E-state index contributed by atoms with van der Waals surface area (Å²) in [5.41, 5.74) is 5.91. The van der Waals surface area contributed by atoms with Crippen molar-refractivity contribution in [1.29, 1.82) is 0 Å². The monoisotopic (exact) mass is 412 g/mol. The molecule has 0 radical (unpaired) electrons. The number of aryl methyl sites for hydroxylation is 1. The quantitative estimate of drug-likeness (QED) is 0.529. The van der Waals surface area contributed by atoms with Crippen LogP contribution in [0.2, 0.25) is 0 Å². The maximum atomic E-state index is 13.2. The summed E-state index contributed by atoms with van der Waals surface area (Å²) in [5, 5.41) is 3.73. The van der Waals surface area contributed by atoms with Crippen LogP contribution in [0.1, 0.15) is 37.8 Å². The van der Waals surface area contributed by atoms with Crippen LogP contribution in [0.15, 0.2) is 42.9 Å². The molecule has 0 bridgehead atoms. The fourth-order valence-electron chi connectivity index (χ4n) is 4.51. The van der Waals surface area contributed by atoms with E-state index in [4.69, 9.17) is 0 Å². The van der Waals surface area contributed by atoms with Crippen molar-refractivity contribution in [3.8, 4) is 11.1 Å². The van der Waals surface area contributed by atoms with Gasteiger partial charge in [0.05, 0.1) is 17.8 Å². The number of H-pyrrole nitrogens is 1. The number of hydrogen-bond donors (Lipinski definition) is 2. The third-order valence-corrected chi connectivity index (χ3v) is 6.09. The highest BCUT2D eigenvalue weighted by Gasteiger charge is 2.24. The van der Waals surface area contributed by atoms with Crippen molar-refractivity contribution in [2.45, 2.75) is 26.6 Å². The molecule has 0 spiro atoms. The number of rotatable bonds is 2. The van der Waals surface area contributed by atoms with Gasteiger partial charge in [-0.3, -0.25) is 9.59 Å². The van der Waals surface area contributed by atoms with Crippen LogP contribution >= 0.6 is 0 Å². The molecular weight excluding hydrogens is 392 g/mol. The minimum atomic E-state index is -0.0443. The number of nitrogens with zero attached hydrogens (tertiary/aromatic N) is 4. The second kappa shape index (κ2) is 6.53. The van der Waals surface area contributed by atoms with Crippen LogP contribution in [0, 0.1) is 6.92 Å². The number of pyridine rings is 1. The van der Waals surface area contributed by atoms with Crippen LogP contribution in [0.5, 0.6) is 0 Å². The number of hydrogen-bond acceptors (Lipinski definition) is 4. The van der Waals surface area contributed by atoms with E-state index in [0.29, 0.717) is 25.2 Å². The number of imidazole rings is 1. The van der Waals surface area contributed by atoms with Crippen molar-refractivity contribution in [2.75, 3.05) is 6.54 Å². The van der Waals surface area contributed by atoms with E-state index in [2.05, 4.69) is 24.8 Å². The van der Waals surface area contributed by atoms with Crippen molar-refractivity contribution in [2.24, 2.45) is 0 Å². The molecule has 5 heterocycles. The second-order valence-electron chi connectivity index (χ2n) is 8.10. The molecule has 4 aromatic rings. The van der Waals surface area contributed by atoms with E-state index in [1.54, 1.807) is 6.20 Å². The van der Waals surface area contributed by atoms with Crippen LogP contribution in [-0.4, -0.2) is 42.8 Å². The van der Waals surface area contributed by atoms with E-state index < -0.39 is 0 Å². The van der Waals surface area contributed by atoms with Crippen molar-refractivity contribution in [1.82, 2.24) is 29.7 Å². The van der Waals surface area contributed by atoms with Gasteiger partial charge >= 0.3 is 0 Å². The van der Waals surface area contributed by atoms with E-state index >= 15 is 0 Å². The molecule has 0 unspecified atom stereocenters. The largest absolute Gasteiger partial charge is 0.348 e. The zero-order chi connectivity index (χ0) is 21.1. The first-order valence-corrected chi connectivity index (χ1v) is 10.3.